The molecule has 0 aliphatic rings. The van der Waals surface area contributed by atoms with Crippen LogP contribution in [-0.2, 0) is 0 Å². The summed E-state index contributed by atoms with van der Waals surface area (Å²) < 4.78 is 5.56. The van der Waals surface area contributed by atoms with Crippen molar-refractivity contribution >= 4 is 0 Å². The Kier molecular flexibility index (Phi) is 4.77. The lowest BCUT2D eigenvalue weighted by atomic mass is 10.0. The summed E-state index contributed by atoms with van der Waals surface area (Å²) in [5.41, 5.74) is 12.9. The first-order valence-corrected chi connectivity index (χ1v) is 5.77. The number of ether oxygens (including phenoxy) is 1. The van der Waals surface area contributed by atoms with E-state index in [1.54, 1.807) is 0 Å². The predicted molar refractivity (Wildman–Crippen MR) is 67.4 cm³/mol. The van der Waals surface area contributed by atoms with E-state index >= 15 is 0 Å². The van der Waals surface area contributed by atoms with E-state index in [1.807, 2.05) is 45.0 Å². The van der Waals surface area contributed by atoms with Crippen molar-refractivity contribution in [2.45, 2.75) is 45.4 Å². The summed E-state index contributed by atoms with van der Waals surface area (Å²) in [6.45, 7) is 5.99. The first-order valence-electron chi connectivity index (χ1n) is 5.77. The van der Waals surface area contributed by atoms with Gasteiger partial charge in [-0.1, -0.05) is 12.1 Å². The van der Waals surface area contributed by atoms with Crippen molar-refractivity contribution in [2.75, 3.05) is 0 Å². The molecule has 1 aromatic rings. The monoisotopic (exact) mass is 222 g/mol. The van der Waals surface area contributed by atoms with Crippen LogP contribution in [-0.4, -0.2) is 12.1 Å². The minimum absolute atomic E-state index is 0.00750. The second kappa shape index (κ2) is 5.87. The molecular weight excluding hydrogens is 200 g/mol. The number of hydrogen-bond donors (Lipinski definition) is 2. The van der Waals surface area contributed by atoms with Crippen molar-refractivity contribution in [3.63, 3.8) is 0 Å². The smallest absolute Gasteiger partial charge is 0.119 e. The molecule has 0 saturated carbocycles. The van der Waals surface area contributed by atoms with E-state index in [9.17, 15) is 0 Å². The van der Waals surface area contributed by atoms with Crippen LogP contribution in [0.3, 0.4) is 0 Å². The van der Waals surface area contributed by atoms with Gasteiger partial charge in [0.2, 0.25) is 0 Å². The molecule has 4 N–H and O–H groups in total. The van der Waals surface area contributed by atoms with Crippen molar-refractivity contribution < 1.29 is 4.74 Å². The van der Waals surface area contributed by atoms with Crippen molar-refractivity contribution in [3.05, 3.63) is 29.8 Å². The first-order chi connectivity index (χ1) is 7.49. The van der Waals surface area contributed by atoms with Gasteiger partial charge < -0.3 is 16.2 Å². The van der Waals surface area contributed by atoms with Crippen LogP contribution in [0.15, 0.2) is 24.3 Å². The van der Waals surface area contributed by atoms with Crippen LogP contribution >= 0.6 is 0 Å². The van der Waals surface area contributed by atoms with E-state index in [4.69, 9.17) is 16.2 Å². The normalized spacial score (nSPS) is 14.9. The Morgan fingerprint density at radius 2 is 1.62 bits per heavy atom. The zero-order valence-corrected chi connectivity index (χ0v) is 10.3. The summed E-state index contributed by atoms with van der Waals surface area (Å²) in [5.74, 6) is 0.881. The third-order valence-corrected chi connectivity index (χ3v) is 2.31. The van der Waals surface area contributed by atoms with Gasteiger partial charge in [-0.25, -0.2) is 0 Å². The fourth-order valence-corrected chi connectivity index (χ4v) is 1.60. The molecule has 0 radical (unpaired) electrons. The fraction of sp³-hybridized carbons (Fsp3) is 0.538. The van der Waals surface area contributed by atoms with E-state index in [1.165, 1.54) is 0 Å². The van der Waals surface area contributed by atoms with Gasteiger partial charge in [-0.15, -0.1) is 0 Å². The largest absolute Gasteiger partial charge is 0.491 e. The highest BCUT2D eigenvalue weighted by molar-refractivity contribution is 5.29. The SMILES string of the molecule is CC(N)CC(N)c1ccc(OC(C)C)cc1. The summed E-state index contributed by atoms with van der Waals surface area (Å²) in [5, 5.41) is 0. The molecule has 0 aliphatic carbocycles. The first kappa shape index (κ1) is 13.0. The van der Waals surface area contributed by atoms with E-state index < -0.39 is 0 Å². The molecule has 0 amide bonds. The summed E-state index contributed by atoms with van der Waals surface area (Å²) in [4.78, 5) is 0. The van der Waals surface area contributed by atoms with Crippen molar-refractivity contribution in [3.8, 4) is 5.75 Å². The van der Waals surface area contributed by atoms with E-state index in [0.717, 1.165) is 17.7 Å². The maximum absolute atomic E-state index is 6.03. The Morgan fingerprint density at radius 3 is 2.06 bits per heavy atom. The molecule has 0 heterocycles. The van der Waals surface area contributed by atoms with Gasteiger partial charge in [-0.2, -0.15) is 0 Å². The average molecular weight is 222 g/mol. The highest BCUT2D eigenvalue weighted by Gasteiger charge is 2.08. The zero-order valence-electron chi connectivity index (χ0n) is 10.3. The summed E-state index contributed by atoms with van der Waals surface area (Å²) in [6.07, 6.45) is 0.994. The molecule has 0 aliphatic heterocycles. The van der Waals surface area contributed by atoms with E-state index in [-0.39, 0.29) is 18.2 Å². The molecule has 1 rings (SSSR count). The molecule has 0 bridgehead atoms. The summed E-state index contributed by atoms with van der Waals surface area (Å²) >= 11 is 0. The van der Waals surface area contributed by atoms with Crippen LogP contribution in [0.1, 0.15) is 38.8 Å². The van der Waals surface area contributed by atoms with Crippen LogP contribution in [0.25, 0.3) is 0 Å². The van der Waals surface area contributed by atoms with Gasteiger partial charge >= 0.3 is 0 Å². The molecule has 2 unspecified atom stereocenters. The van der Waals surface area contributed by atoms with Crippen molar-refractivity contribution in [1.82, 2.24) is 0 Å². The van der Waals surface area contributed by atoms with Gasteiger partial charge in [0.25, 0.3) is 0 Å². The second-order valence-corrected chi connectivity index (χ2v) is 4.56. The Hall–Kier alpha value is -1.06. The fourth-order valence-electron chi connectivity index (χ4n) is 1.60. The molecular formula is C13H22N2O. The molecule has 0 saturated heterocycles. The van der Waals surface area contributed by atoms with Crippen LogP contribution in [0.2, 0.25) is 0 Å². The Labute approximate surface area is 97.8 Å². The summed E-state index contributed by atoms with van der Waals surface area (Å²) in [6, 6.07) is 8.05. The lowest BCUT2D eigenvalue weighted by Crippen LogP contribution is -2.23. The minimum Gasteiger partial charge on any atom is -0.491 e. The van der Waals surface area contributed by atoms with Crippen molar-refractivity contribution in [1.29, 1.82) is 0 Å². The number of benzene rings is 1. The minimum atomic E-state index is 0.00750. The molecule has 3 nitrogen and oxygen atoms in total. The highest BCUT2D eigenvalue weighted by Crippen LogP contribution is 2.19. The maximum Gasteiger partial charge on any atom is 0.119 e. The van der Waals surface area contributed by atoms with Gasteiger partial charge in [-0.3, -0.25) is 0 Å². The number of nitrogens with two attached hydrogens (primary N) is 2. The van der Waals surface area contributed by atoms with Crippen molar-refractivity contribution in [2.24, 2.45) is 11.5 Å². The molecule has 2 atom stereocenters. The topological polar surface area (TPSA) is 61.3 Å². The van der Waals surface area contributed by atoms with E-state index in [0.29, 0.717) is 0 Å². The van der Waals surface area contributed by atoms with Crippen LogP contribution in [0, 0.1) is 0 Å². The molecule has 16 heavy (non-hydrogen) atoms. The lowest BCUT2D eigenvalue weighted by molar-refractivity contribution is 0.242. The van der Waals surface area contributed by atoms with Gasteiger partial charge in [-0.05, 0) is 44.9 Å². The Balaban J connectivity index is 2.63. The average Bonchev–Trinajstić information content (AvgIpc) is 2.16. The molecule has 90 valence electrons. The third kappa shape index (κ3) is 4.21. The van der Waals surface area contributed by atoms with Crippen LogP contribution in [0.4, 0.5) is 0 Å². The summed E-state index contributed by atoms with van der Waals surface area (Å²) in [7, 11) is 0. The number of rotatable bonds is 5. The standard InChI is InChI=1S/C13H22N2O/c1-9(2)16-12-6-4-11(5-7-12)13(15)8-10(3)14/h4-7,9-10,13H,8,14-15H2,1-3H3. The molecule has 3 heteroatoms. The van der Waals surface area contributed by atoms with Gasteiger partial charge in [0.05, 0.1) is 6.10 Å². The third-order valence-electron chi connectivity index (χ3n) is 2.31. The van der Waals surface area contributed by atoms with E-state index in [2.05, 4.69) is 0 Å². The van der Waals surface area contributed by atoms with Gasteiger partial charge in [0, 0.05) is 12.1 Å². The number of hydrogen-bond acceptors (Lipinski definition) is 3. The van der Waals surface area contributed by atoms with Gasteiger partial charge in [0.1, 0.15) is 5.75 Å². The molecule has 1 aromatic carbocycles. The highest BCUT2D eigenvalue weighted by atomic mass is 16.5. The quantitative estimate of drug-likeness (QED) is 0.803. The lowest BCUT2D eigenvalue weighted by Gasteiger charge is -2.15. The zero-order chi connectivity index (χ0) is 12.1. The van der Waals surface area contributed by atoms with Crippen LogP contribution < -0.4 is 16.2 Å². The maximum atomic E-state index is 6.03. The Morgan fingerprint density at radius 1 is 1.06 bits per heavy atom. The predicted octanol–water partition coefficient (Wildman–Crippen LogP) is 2.21. The Bertz CT molecular complexity index is 306. The van der Waals surface area contributed by atoms with Gasteiger partial charge in [0.15, 0.2) is 0 Å². The molecule has 0 aromatic heterocycles. The van der Waals surface area contributed by atoms with Crippen LogP contribution in [0.5, 0.6) is 5.75 Å². The second-order valence-electron chi connectivity index (χ2n) is 4.56. The molecule has 0 spiro atoms. The molecule has 0 fully saturated rings.